The van der Waals surface area contributed by atoms with Crippen LogP contribution in [0.25, 0.3) is 0 Å². The van der Waals surface area contributed by atoms with Crippen molar-refractivity contribution in [3.63, 3.8) is 0 Å². The summed E-state index contributed by atoms with van der Waals surface area (Å²) in [4.78, 5) is 39.9. The molecule has 2 aromatic rings. The molecule has 1 saturated heterocycles. The lowest BCUT2D eigenvalue weighted by molar-refractivity contribution is -0.141. The average molecular weight is 419 g/mol. The molecule has 0 spiro atoms. The first kappa shape index (κ1) is 21.4. The van der Waals surface area contributed by atoms with Crippen LogP contribution in [0, 0.1) is 0 Å². The Hall–Kier alpha value is -3.36. The molecule has 1 fully saturated rings. The van der Waals surface area contributed by atoms with Gasteiger partial charge in [0.15, 0.2) is 0 Å². The van der Waals surface area contributed by atoms with Crippen molar-refractivity contribution in [1.82, 2.24) is 15.1 Å². The summed E-state index contributed by atoms with van der Waals surface area (Å²) in [5.41, 5.74) is -2.46. The van der Waals surface area contributed by atoms with Crippen LogP contribution in [-0.4, -0.2) is 41.2 Å². The molecule has 4 amide bonds. The molecule has 0 saturated carbocycles. The molecule has 2 aromatic carbocycles. The second-order valence-electron chi connectivity index (χ2n) is 7.23. The fraction of sp³-hybridized carbons (Fsp3) is 0.286. The Kier molecular flexibility index (Phi) is 5.56. The summed E-state index contributed by atoms with van der Waals surface area (Å²) in [7, 11) is 1.52. The fourth-order valence-corrected chi connectivity index (χ4v) is 3.39. The van der Waals surface area contributed by atoms with Gasteiger partial charge in [0.2, 0.25) is 5.91 Å². The third-order valence-electron chi connectivity index (χ3n) is 5.03. The van der Waals surface area contributed by atoms with E-state index in [4.69, 9.17) is 0 Å². The molecule has 1 heterocycles. The predicted molar refractivity (Wildman–Crippen MR) is 102 cm³/mol. The topological polar surface area (TPSA) is 69.7 Å². The van der Waals surface area contributed by atoms with Gasteiger partial charge in [-0.2, -0.15) is 13.2 Å². The molecule has 0 aromatic heterocycles. The number of imide groups is 1. The average Bonchev–Trinajstić information content (AvgIpc) is 2.92. The number of nitrogens with zero attached hydrogens (tertiary/aromatic N) is 2. The Morgan fingerprint density at radius 3 is 2.30 bits per heavy atom. The Morgan fingerprint density at radius 1 is 1.07 bits per heavy atom. The largest absolute Gasteiger partial charge is 0.416 e. The molecule has 3 rings (SSSR count). The Morgan fingerprint density at radius 2 is 1.67 bits per heavy atom. The maximum Gasteiger partial charge on any atom is 0.416 e. The minimum Gasteiger partial charge on any atom is -0.340 e. The molecule has 30 heavy (non-hydrogen) atoms. The summed E-state index contributed by atoms with van der Waals surface area (Å²) in [5.74, 6) is -1.43. The van der Waals surface area contributed by atoms with Crippen molar-refractivity contribution in [2.24, 2.45) is 0 Å². The van der Waals surface area contributed by atoms with Crippen molar-refractivity contribution in [1.29, 1.82) is 0 Å². The van der Waals surface area contributed by atoms with E-state index in [0.29, 0.717) is 4.90 Å². The summed E-state index contributed by atoms with van der Waals surface area (Å²) in [5, 5.41) is 2.32. The predicted octanol–water partition coefficient (Wildman–Crippen LogP) is 3.13. The van der Waals surface area contributed by atoms with Crippen LogP contribution in [0.5, 0.6) is 0 Å². The highest BCUT2D eigenvalue weighted by atomic mass is 19.4. The van der Waals surface area contributed by atoms with Gasteiger partial charge in [0.1, 0.15) is 12.1 Å². The minimum atomic E-state index is -4.70. The van der Waals surface area contributed by atoms with Gasteiger partial charge in [-0.3, -0.25) is 14.5 Å². The highest BCUT2D eigenvalue weighted by Gasteiger charge is 2.52. The van der Waals surface area contributed by atoms with Crippen molar-refractivity contribution < 1.29 is 27.6 Å². The van der Waals surface area contributed by atoms with Crippen LogP contribution in [0.1, 0.15) is 23.6 Å². The van der Waals surface area contributed by atoms with Crippen molar-refractivity contribution in [2.45, 2.75) is 25.2 Å². The minimum absolute atomic E-state index is 0.261. The number of halogens is 3. The first-order valence-electron chi connectivity index (χ1n) is 9.12. The van der Waals surface area contributed by atoms with Crippen molar-refractivity contribution in [2.75, 3.05) is 13.6 Å². The molecule has 0 unspecified atom stereocenters. The van der Waals surface area contributed by atoms with Crippen LogP contribution < -0.4 is 5.32 Å². The molecule has 1 atom stereocenters. The number of amides is 4. The van der Waals surface area contributed by atoms with Gasteiger partial charge in [0.25, 0.3) is 5.91 Å². The van der Waals surface area contributed by atoms with E-state index >= 15 is 0 Å². The monoisotopic (exact) mass is 419 g/mol. The lowest BCUT2D eigenvalue weighted by Gasteiger charge is -2.26. The second kappa shape index (κ2) is 7.81. The Balaban J connectivity index is 1.81. The summed E-state index contributed by atoms with van der Waals surface area (Å²) in [6, 6.07) is 12.7. The number of urea groups is 1. The van der Waals surface area contributed by atoms with E-state index in [9.17, 15) is 27.6 Å². The Bertz CT molecular complexity index is 978. The van der Waals surface area contributed by atoms with Gasteiger partial charge in [-0.25, -0.2) is 4.79 Å². The number of rotatable bonds is 5. The molecule has 9 heteroatoms. The lowest BCUT2D eigenvalue weighted by atomic mass is 9.87. The molecule has 1 N–H and O–H groups in total. The molecule has 0 radical (unpaired) electrons. The van der Waals surface area contributed by atoms with Gasteiger partial charge in [-0.15, -0.1) is 0 Å². The molecule has 6 nitrogen and oxygen atoms in total. The maximum atomic E-state index is 13.4. The number of benzene rings is 2. The molecular formula is C21H20F3N3O3. The van der Waals surface area contributed by atoms with E-state index in [1.54, 1.807) is 0 Å². The fourth-order valence-electron chi connectivity index (χ4n) is 3.39. The normalized spacial score (nSPS) is 19.0. The van der Waals surface area contributed by atoms with Gasteiger partial charge in [-0.1, -0.05) is 48.5 Å². The zero-order chi connectivity index (χ0) is 22.1. The molecule has 1 aliphatic rings. The van der Waals surface area contributed by atoms with Crippen molar-refractivity contribution in [3.05, 3.63) is 71.3 Å². The Labute approximate surface area is 171 Å². The first-order chi connectivity index (χ1) is 14.0. The molecule has 0 bridgehead atoms. The quantitative estimate of drug-likeness (QED) is 0.757. The zero-order valence-electron chi connectivity index (χ0n) is 16.4. The number of nitrogens with one attached hydrogen (secondary N) is 1. The number of carbonyl (C=O) groups is 3. The number of alkyl halides is 3. The van der Waals surface area contributed by atoms with E-state index in [2.05, 4.69) is 5.32 Å². The van der Waals surface area contributed by atoms with Crippen LogP contribution in [0.3, 0.4) is 0 Å². The van der Waals surface area contributed by atoms with E-state index in [1.165, 1.54) is 31.0 Å². The van der Waals surface area contributed by atoms with Crippen molar-refractivity contribution in [3.8, 4) is 0 Å². The summed E-state index contributed by atoms with van der Waals surface area (Å²) < 4.78 is 40.3. The SMILES string of the molecule is CN(Cc1ccccc1)C(=O)CN1C(=O)N[C@@](C)(c2ccccc2C(F)(F)F)C1=O. The van der Waals surface area contributed by atoms with E-state index in [1.807, 2.05) is 30.3 Å². The van der Waals surface area contributed by atoms with Gasteiger partial charge >= 0.3 is 12.2 Å². The number of hydrogen-bond donors (Lipinski definition) is 1. The molecule has 158 valence electrons. The van der Waals surface area contributed by atoms with Gasteiger partial charge < -0.3 is 10.2 Å². The second-order valence-corrected chi connectivity index (χ2v) is 7.23. The van der Waals surface area contributed by atoms with Crippen molar-refractivity contribution >= 4 is 17.8 Å². The van der Waals surface area contributed by atoms with Gasteiger partial charge in [-0.05, 0) is 24.1 Å². The maximum absolute atomic E-state index is 13.4. The highest BCUT2D eigenvalue weighted by molar-refractivity contribution is 6.09. The third kappa shape index (κ3) is 4.00. The third-order valence-corrected chi connectivity index (χ3v) is 5.03. The van der Waals surface area contributed by atoms with E-state index in [-0.39, 0.29) is 12.1 Å². The van der Waals surface area contributed by atoms with Crippen LogP contribution in [-0.2, 0) is 27.8 Å². The molecule has 0 aliphatic carbocycles. The first-order valence-corrected chi connectivity index (χ1v) is 9.12. The van der Waals surface area contributed by atoms with E-state index in [0.717, 1.165) is 17.7 Å². The van der Waals surface area contributed by atoms with Crippen LogP contribution in [0.2, 0.25) is 0 Å². The summed E-state index contributed by atoms with van der Waals surface area (Å²) in [6.45, 7) is 0.894. The number of hydrogen-bond acceptors (Lipinski definition) is 3. The number of carbonyl (C=O) groups excluding carboxylic acids is 3. The van der Waals surface area contributed by atoms with E-state index < -0.39 is 41.7 Å². The highest BCUT2D eigenvalue weighted by Crippen LogP contribution is 2.39. The lowest BCUT2D eigenvalue weighted by Crippen LogP contribution is -2.44. The standard InChI is InChI=1S/C21H20F3N3O3/c1-20(15-10-6-7-11-16(15)21(22,23)24)18(29)27(19(30)25-20)13-17(28)26(2)12-14-8-4-3-5-9-14/h3-11H,12-13H2,1-2H3,(H,25,30)/t20-/m0/s1. The molecular weight excluding hydrogens is 399 g/mol. The van der Waals surface area contributed by atoms with Gasteiger partial charge in [0.05, 0.1) is 5.56 Å². The van der Waals surface area contributed by atoms with Crippen LogP contribution in [0.15, 0.2) is 54.6 Å². The zero-order valence-corrected chi connectivity index (χ0v) is 16.4. The van der Waals surface area contributed by atoms with Crippen LogP contribution in [0.4, 0.5) is 18.0 Å². The smallest absolute Gasteiger partial charge is 0.340 e. The summed E-state index contributed by atoms with van der Waals surface area (Å²) in [6.07, 6.45) is -4.70. The van der Waals surface area contributed by atoms with Crippen LogP contribution >= 0.6 is 0 Å². The van der Waals surface area contributed by atoms with Gasteiger partial charge in [0, 0.05) is 13.6 Å². The molecule has 1 aliphatic heterocycles. The summed E-state index contributed by atoms with van der Waals surface area (Å²) >= 11 is 0. The number of likely N-dealkylation sites (N-methyl/N-ethyl adjacent to an activating group) is 1.